The maximum Gasteiger partial charge on any atom is 0.122 e. The second-order valence-corrected chi connectivity index (χ2v) is 6.17. The van der Waals surface area contributed by atoms with Crippen LogP contribution in [0.5, 0.6) is 0 Å². The van der Waals surface area contributed by atoms with Crippen LogP contribution in [-0.2, 0) is 5.75 Å². The van der Waals surface area contributed by atoms with Crippen LogP contribution in [0.2, 0.25) is 0 Å². The Morgan fingerprint density at radius 1 is 1.25 bits per heavy atom. The van der Waals surface area contributed by atoms with Gasteiger partial charge in [0.05, 0.1) is 5.52 Å². The molecule has 0 unspecified atom stereocenters. The van der Waals surface area contributed by atoms with Gasteiger partial charge in [-0.2, -0.15) is 0 Å². The Morgan fingerprint density at radius 3 is 2.80 bits per heavy atom. The number of anilines is 1. The maximum absolute atomic E-state index is 6.13. The summed E-state index contributed by atoms with van der Waals surface area (Å²) in [5.41, 5.74) is 8.51. The summed E-state index contributed by atoms with van der Waals surface area (Å²) in [7, 11) is 0. The van der Waals surface area contributed by atoms with Gasteiger partial charge in [-0.05, 0) is 17.9 Å². The molecule has 0 saturated heterocycles. The standard InChI is InChI=1S/C15H15N3S2/c1-19-13-9-12-15(17-7-8-18(12)14(13)16)20-10-11-5-3-2-4-6-11/h2-9H,10,16H2,1H3. The molecule has 3 rings (SSSR count). The zero-order valence-corrected chi connectivity index (χ0v) is 12.7. The highest BCUT2D eigenvalue weighted by Gasteiger charge is 2.10. The minimum absolute atomic E-state index is 0.788. The van der Waals surface area contributed by atoms with Crippen molar-refractivity contribution in [3.8, 4) is 0 Å². The minimum atomic E-state index is 0.788. The Morgan fingerprint density at radius 2 is 2.05 bits per heavy atom. The number of nitrogens with two attached hydrogens (primary N) is 1. The summed E-state index contributed by atoms with van der Waals surface area (Å²) in [6.45, 7) is 0. The summed E-state index contributed by atoms with van der Waals surface area (Å²) < 4.78 is 2.01. The molecule has 0 aliphatic heterocycles. The van der Waals surface area contributed by atoms with Crippen molar-refractivity contribution in [3.05, 3.63) is 54.4 Å². The Bertz CT molecular complexity index is 723. The molecule has 0 spiro atoms. The van der Waals surface area contributed by atoms with Crippen LogP contribution in [0.4, 0.5) is 5.82 Å². The smallest absolute Gasteiger partial charge is 0.122 e. The van der Waals surface area contributed by atoms with Crippen molar-refractivity contribution in [3.63, 3.8) is 0 Å². The molecule has 0 atom stereocenters. The van der Waals surface area contributed by atoms with Gasteiger partial charge in [-0.3, -0.25) is 4.40 Å². The average Bonchev–Trinajstić information content (AvgIpc) is 2.83. The highest BCUT2D eigenvalue weighted by atomic mass is 32.2. The van der Waals surface area contributed by atoms with E-state index in [0.29, 0.717) is 0 Å². The molecule has 20 heavy (non-hydrogen) atoms. The van der Waals surface area contributed by atoms with Crippen LogP contribution in [0, 0.1) is 0 Å². The Balaban J connectivity index is 1.92. The molecule has 0 amide bonds. The van der Waals surface area contributed by atoms with E-state index in [1.54, 1.807) is 29.7 Å². The van der Waals surface area contributed by atoms with Gasteiger partial charge in [0.1, 0.15) is 10.8 Å². The number of nitrogens with zero attached hydrogens (tertiary/aromatic N) is 2. The van der Waals surface area contributed by atoms with Crippen LogP contribution in [0.1, 0.15) is 5.56 Å². The SMILES string of the molecule is CSc1cc2c(SCc3ccccc3)nccn2c1N. The fraction of sp³-hybridized carbons (Fsp3) is 0.133. The molecule has 0 saturated carbocycles. The van der Waals surface area contributed by atoms with Gasteiger partial charge in [-0.1, -0.05) is 42.1 Å². The second kappa shape index (κ2) is 5.81. The van der Waals surface area contributed by atoms with Gasteiger partial charge in [0, 0.05) is 23.0 Å². The fourth-order valence-electron chi connectivity index (χ4n) is 2.08. The number of nitrogen functional groups attached to an aromatic ring is 1. The highest BCUT2D eigenvalue weighted by molar-refractivity contribution is 7.99. The van der Waals surface area contributed by atoms with E-state index in [1.807, 2.05) is 22.9 Å². The first-order valence-corrected chi connectivity index (χ1v) is 8.47. The summed E-state index contributed by atoms with van der Waals surface area (Å²) in [4.78, 5) is 5.58. The van der Waals surface area contributed by atoms with Crippen molar-refractivity contribution in [2.75, 3.05) is 12.0 Å². The first kappa shape index (κ1) is 13.4. The Kier molecular flexibility index (Phi) is 3.89. The van der Waals surface area contributed by atoms with E-state index in [2.05, 4.69) is 35.3 Å². The lowest BCUT2D eigenvalue weighted by atomic mass is 10.2. The van der Waals surface area contributed by atoms with Gasteiger partial charge in [0.25, 0.3) is 0 Å². The fourth-order valence-corrected chi connectivity index (χ4v) is 3.55. The van der Waals surface area contributed by atoms with Crippen LogP contribution in [0.25, 0.3) is 5.52 Å². The predicted molar refractivity (Wildman–Crippen MR) is 87.4 cm³/mol. The number of thioether (sulfide) groups is 2. The summed E-state index contributed by atoms with van der Waals surface area (Å²) in [6.07, 6.45) is 5.76. The molecule has 0 radical (unpaired) electrons. The van der Waals surface area contributed by atoms with Gasteiger partial charge in [0.15, 0.2) is 0 Å². The van der Waals surface area contributed by atoms with Gasteiger partial charge < -0.3 is 5.73 Å². The van der Waals surface area contributed by atoms with Crippen molar-refractivity contribution in [1.82, 2.24) is 9.38 Å². The maximum atomic E-state index is 6.13. The summed E-state index contributed by atoms with van der Waals surface area (Å²) in [5, 5.41) is 1.02. The number of benzene rings is 1. The lowest BCUT2D eigenvalue weighted by Crippen LogP contribution is -1.95. The zero-order valence-electron chi connectivity index (χ0n) is 11.1. The molecule has 0 aliphatic rings. The summed E-state index contributed by atoms with van der Waals surface area (Å²) >= 11 is 3.40. The molecule has 0 aliphatic carbocycles. The van der Waals surface area contributed by atoms with Gasteiger partial charge in [0.2, 0.25) is 0 Å². The zero-order chi connectivity index (χ0) is 13.9. The van der Waals surface area contributed by atoms with E-state index in [1.165, 1.54) is 5.56 Å². The first-order chi connectivity index (χ1) is 9.79. The largest absolute Gasteiger partial charge is 0.384 e. The third-order valence-electron chi connectivity index (χ3n) is 3.10. The predicted octanol–water partition coefficient (Wildman–Crippen LogP) is 3.93. The van der Waals surface area contributed by atoms with E-state index >= 15 is 0 Å². The van der Waals surface area contributed by atoms with Gasteiger partial charge in [-0.15, -0.1) is 11.8 Å². The minimum Gasteiger partial charge on any atom is -0.384 e. The lowest BCUT2D eigenvalue weighted by Gasteiger charge is -2.04. The number of hydrogen-bond acceptors (Lipinski definition) is 4. The lowest BCUT2D eigenvalue weighted by molar-refractivity contribution is 1.05. The van der Waals surface area contributed by atoms with Crippen molar-refractivity contribution in [1.29, 1.82) is 0 Å². The number of rotatable bonds is 4. The molecule has 5 heteroatoms. The van der Waals surface area contributed by atoms with E-state index in [4.69, 9.17) is 5.73 Å². The third-order valence-corrected chi connectivity index (χ3v) is 4.94. The molecule has 3 aromatic rings. The van der Waals surface area contributed by atoms with Gasteiger partial charge >= 0.3 is 0 Å². The Hall–Kier alpha value is -1.59. The monoisotopic (exact) mass is 301 g/mol. The number of hydrogen-bond donors (Lipinski definition) is 1. The van der Waals surface area contributed by atoms with Crippen molar-refractivity contribution in [2.24, 2.45) is 0 Å². The molecule has 0 fully saturated rings. The number of aromatic nitrogens is 2. The van der Waals surface area contributed by atoms with Crippen molar-refractivity contribution < 1.29 is 0 Å². The summed E-state index contributed by atoms with van der Waals surface area (Å²) in [6, 6.07) is 12.5. The summed E-state index contributed by atoms with van der Waals surface area (Å²) in [5.74, 6) is 1.70. The van der Waals surface area contributed by atoms with Crippen LogP contribution in [-0.4, -0.2) is 15.6 Å². The topological polar surface area (TPSA) is 43.3 Å². The first-order valence-electron chi connectivity index (χ1n) is 6.26. The average molecular weight is 301 g/mol. The van der Waals surface area contributed by atoms with Gasteiger partial charge in [-0.25, -0.2) is 4.98 Å². The quantitative estimate of drug-likeness (QED) is 0.742. The third kappa shape index (κ3) is 2.51. The highest BCUT2D eigenvalue weighted by Crippen LogP contribution is 2.32. The molecule has 102 valence electrons. The van der Waals surface area contributed by atoms with E-state index in [9.17, 15) is 0 Å². The molecule has 0 bridgehead atoms. The number of fused-ring (bicyclic) bond motifs is 1. The molecular weight excluding hydrogens is 286 g/mol. The van der Waals surface area contributed by atoms with E-state index in [-0.39, 0.29) is 0 Å². The van der Waals surface area contributed by atoms with Crippen LogP contribution in [0.15, 0.2) is 58.7 Å². The molecule has 3 nitrogen and oxygen atoms in total. The normalized spacial score (nSPS) is 11.1. The molecular formula is C15H15N3S2. The van der Waals surface area contributed by atoms with Crippen molar-refractivity contribution >= 4 is 34.9 Å². The molecule has 2 heterocycles. The van der Waals surface area contributed by atoms with Crippen LogP contribution >= 0.6 is 23.5 Å². The van der Waals surface area contributed by atoms with Crippen LogP contribution < -0.4 is 5.73 Å². The van der Waals surface area contributed by atoms with E-state index < -0.39 is 0 Å². The molecule has 2 aromatic heterocycles. The van der Waals surface area contributed by atoms with Crippen LogP contribution in [0.3, 0.4) is 0 Å². The van der Waals surface area contributed by atoms with E-state index in [0.717, 1.165) is 27.0 Å². The second-order valence-electron chi connectivity index (χ2n) is 4.36. The molecule has 2 N–H and O–H groups in total. The van der Waals surface area contributed by atoms with Crippen molar-refractivity contribution in [2.45, 2.75) is 15.7 Å². The Labute approximate surface area is 126 Å². The molecule has 1 aromatic carbocycles.